The van der Waals surface area contributed by atoms with E-state index in [0.29, 0.717) is 0 Å². The number of hydrogen-bond acceptors (Lipinski definition) is 4. The van der Waals surface area contributed by atoms with Gasteiger partial charge in [0, 0.05) is 18.7 Å². The maximum absolute atomic E-state index is 6.20. The van der Waals surface area contributed by atoms with E-state index in [-0.39, 0.29) is 0 Å². The highest BCUT2D eigenvalue weighted by atomic mass is 16.5. The van der Waals surface area contributed by atoms with Crippen molar-refractivity contribution in [3.05, 3.63) is 83.6 Å². The Hall–Kier alpha value is -3.24. The lowest BCUT2D eigenvalue weighted by Gasteiger charge is -2.28. The Balaban J connectivity index is 1.33. The molecule has 152 valence electrons. The summed E-state index contributed by atoms with van der Waals surface area (Å²) in [4.78, 5) is 2.41. The Morgan fingerprint density at radius 1 is 0.833 bits per heavy atom. The molecule has 5 rings (SSSR count). The minimum atomic E-state index is 0.787. The van der Waals surface area contributed by atoms with Crippen LogP contribution in [0.3, 0.4) is 0 Å². The second kappa shape index (κ2) is 7.88. The van der Waals surface area contributed by atoms with Crippen molar-refractivity contribution in [3.8, 4) is 22.8 Å². The van der Waals surface area contributed by atoms with Crippen LogP contribution < -0.4 is 9.47 Å². The van der Waals surface area contributed by atoms with Crippen LogP contribution in [0.1, 0.15) is 16.9 Å². The third-order valence-electron chi connectivity index (χ3n) is 5.87. The molecule has 0 N–H and O–H groups in total. The van der Waals surface area contributed by atoms with Crippen LogP contribution >= 0.6 is 0 Å². The first-order valence-corrected chi connectivity index (χ1v) is 10.3. The Kier molecular flexibility index (Phi) is 4.93. The molecule has 0 radical (unpaired) electrons. The second-order valence-electron chi connectivity index (χ2n) is 7.76. The third-order valence-corrected chi connectivity index (χ3v) is 5.87. The van der Waals surface area contributed by atoms with Crippen molar-refractivity contribution in [1.82, 2.24) is 4.90 Å². The van der Waals surface area contributed by atoms with Crippen LogP contribution in [-0.2, 0) is 19.5 Å². The number of benzene rings is 3. The maximum Gasteiger partial charge on any atom is 0.161 e. The van der Waals surface area contributed by atoms with Crippen LogP contribution in [-0.4, -0.2) is 25.7 Å². The standard InChI is InChI=1S/C26H25NO3/c1-28-25-14-20-11-12-27(16-22(20)15-26(25)29-2)17-23-9-10-24(30-23)21-8-7-18-5-3-4-6-19(18)13-21/h3-10,13-15H,11-12,16-17H2,1-2H3. The molecule has 0 unspecified atom stereocenters. The first kappa shape index (κ1) is 18.8. The molecule has 4 nitrogen and oxygen atoms in total. The molecule has 0 spiro atoms. The molecule has 4 heteroatoms. The van der Waals surface area contributed by atoms with E-state index in [0.717, 1.165) is 54.6 Å². The van der Waals surface area contributed by atoms with E-state index >= 15 is 0 Å². The summed E-state index contributed by atoms with van der Waals surface area (Å²) < 4.78 is 17.1. The normalized spacial score (nSPS) is 13.9. The van der Waals surface area contributed by atoms with E-state index in [2.05, 4.69) is 71.6 Å². The van der Waals surface area contributed by atoms with Gasteiger partial charge in [0.2, 0.25) is 0 Å². The smallest absolute Gasteiger partial charge is 0.161 e. The zero-order valence-electron chi connectivity index (χ0n) is 17.4. The van der Waals surface area contributed by atoms with Crippen LogP contribution in [0.25, 0.3) is 22.1 Å². The maximum atomic E-state index is 6.20. The molecule has 0 atom stereocenters. The van der Waals surface area contributed by atoms with Gasteiger partial charge in [-0.1, -0.05) is 36.4 Å². The van der Waals surface area contributed by atoms with Gasteiger partial charge in [-0.15, -0.1) is 0 Å². The summed E-state index contributed by atoms with van der Waals surface area (Å²) in [6.07, 6.45) is 0.994. The van der Waals surface area contributed by atoms with Crippen LogP contribution in [0.4, 0.5) is 0 Å². The van der Waals surface area contributed by atoms with Crippen LogP contribution in [0.15, 0.2) is 71.1 Å². The molecule has 0 fully saturated rings. The molecule has 1 aromatic heterocycles. The van der Waals surface area contributed by atoms with Crippen molar-refractivity contribution in [2.75, 3.05) is 20.8 Å². The molecule has 0 bridgehead atoms. The molecular formula is C26H25NO3. The summed E-state index contributed by atoms with van der Waals surface area (Å²) in [6.45, 7) is 2.66. The van der Waals surface area contributed by atoms with Crippen LogP contribution in [0, 0.1) is 0 Å². The second-order valence-corrected chi connectivity index (χ2v) is 7.76. The van der Waals surface area contributed by atoms with Gasteiger partial charge in [0.15, 0.2) is 11.5 Å². The van der Waals surface area contributed by atoms with Gasteiger partial charge in [-0.25, -0.2) is 0 Å². The number of rotatable bonds is 5. The Labute approximate surface area is 176 Å². The van der Waals surface area contributed by atoms with E-state index in [1.54, 1.807) is 14.2 Å². The largest absolute Gasteiger partial charge is 0.493 e. The molecule has 0 saturated carbocycles. The number of methoxy groups -OCH3 is 2. The lowest BCUT2D eigenvalue weighted by atomic mass is 9.98. The lowest BCUT2D eigenvalue weighted by Crippen LogP contribution is -2.30. The fourth-order valence-corrected chi connectivity index (χ4v) is 4.26. The van der Waals surface area contributed by atoms with E-state index in [1.807, 2.05) is 0 Å². The highest BCUT2D eigenvalue weighted by Gasteiger charge is 2.20. The molecule has 3 aromatic carbocycles. The van der Waals surface area contributed by atoms with Gasteiger partial charge in [0.1, 0.15) is 11.5 Å². The van der Waals surface area contributed by atoms with E-state index in [4.69, 9.17) is 13.9 Å². The van der Waals surface area contributed by atoms with E-state index in [1.165, 1.54) is 21.9 Å². The Morgan fingerprint density at radius 2 is 1.60 bits per heavy atom. The fourth-order valence-electron chi connectivity index (χ4n) is 4.26. The minimum Gasteiger partial charge on any atom is -0.493 e. The zero-order valence-corrected chi connectivity index (χ0v) is 17.4. The van der Waals surface area contributed by atoms with Gasteiger partial charge in [0.05, 0.1) is 20.8 Å². The molecule has 2 heterocycles. The van der Waals surface area contributed by atoms with Crippen LogP contribution in [0.2, 0.25) is 0 Å². The van der Waals surface area contributed by atoms with Crippen LogP contribution in [0.5, 0.6) is 11.5 Å². The van der Waals surface area contributed by atoms with E-state index < -0.39 is 0 Å². The van der Waals surface area contributed by atoms with Crippen molar-refractivity contribution in [3.63, 3.8) is 0 Å². The van der Waals surface area contributed by atoms with Gasteiger partial charge in [0.25, 0.3) is 0 Å². The van der Waals surface area contributed by atoms with Gasteiger partial charge >= 0.3 is 0 Å². The molecule has 0 saturated heterocycles. The predicted molar refractivity (Wildman–Crippen MR) is 119 cm³/mol. The third kappa shape index (κ3) is 3.55. The topological polar surface area (TPSA) is 34.8 Å². The summed E-state index contributed by atoms with van der Waals surface area (Å²) in [5.41, 5.74) is 3.74. The molecule has 30 heavy (non-hydrogen) atoms. The van der Waals surface area contributed by atoms with Crippen molar-refractivity contribution in [2.24, 2.45) is 0 Å². The lowest BCUT2D eigenvalue weighted by molar-refractivity contribution is 0.225. The fraction of sp³-hybridized carbons (Fsp3) is 0.231. The summed E-state index contributed by atoms with van der Waals surface area (Å²) in [5, 5.41) is 2.47. The van der Waals surface area contributed by atoms with Crippen molar-refractivity contribution in [2.45, 2.75) is 19.5 Å². The number of nitrogens with zero attached hydrogens (tertiary/aromatic N) is 1. The summed E-state index contributed by atoms with van der Waals surface area (Å²) in [6, 6.07) is 23.2. The van der Waals surface area contributed by atoms with Gasteiger partial charge < -0.3 is 13.9 Å². The number of fused-ring (bicyclic) bond motifs is 2. The monoisotopic (exact) mass is 399 g/mol. The van der Waals surface area contributed by atoms with Crippen molar-refractivity contribution in [1.29, 1.82) is 0 Å². The summed E-state index contributed by atoms with van der Waals surface area (Å²) in [5.74, 6) is 3.49. The minimum absolute atomic E-state index is 0.787. The predicted octanol–water partition coefficient (Wildman–Crippen LogP) is 5.68. The summed E-state index contributed by atoms with van der Waals surface area (Å²) >= 11 is 0. The zero-order chi connectivity index (χ0) is 20.5. The molecule has 1 aliphatic rings. The Bertz CT molecular complexity index is 1190. The number of ether oxygens (including phenoxy) is 2. The molecular weight excluding hydrogens is 374 g/mol. The van der Waals surface area contributed by atoms with Crippen molar-refractivity contribution >= 4 is 10.8 Å². The quantitative estimate of drug-likeness (QED) is 0.433. The van der Waals surface area contributed by atoms with Gasteiger partial charge in [-0.2, -0.15) is 0 Å². The average Bonchev–Trinajstić information content (AvgIpc) is 3.26. The first-order chi connectivity index (χ1) is 14.7. The molecule has 0 aliphatic carbocycles. The van der Waals surface area contributed by atoms with Crippen molar-refractivity contribution < 1.29 is 13.9 Å². The molecule has 4 aromatic rings. The SMILES string of the molecule is COc1cc2c(cc1OC)CN(Cc1ccc(-c3ccc4ccccc4c3)o1)CC2. The Morgan fingerprint density at radius 3 is 2.40 bits per heavy atom. The molecule has 1 aliphatic heterocycles. The van der Waals surface area contributed by atoms with E-state index in [9.17, 15) is 0 Å². The summed E-state index contributed by atoms with van der Waals surface area (Å²) in [7, 11) is 3.37. The molecule has 0 amide bonds. The highest BCUT2D eigenvalue weighted by Crippen LogP contribution is 2.34. The van der Waals surface area contributed by atoms with Gasteiger partial charge in [-0.05, 0) is 58.7 Å². The highest BCUT2D eigenvalue weighted by molar-refractivity contribution is 5.86. The average molecular weight is 399 g/mol. The number of furan rings is 1. The number of hydrogen-bond donors (Lipinski definition) is 0. The first-order valence-electron chi connectivity index (χ1n) is 10.3. The van der Waals surface area contributed by atoms with Gasteiger partial charge in [-0.3, -0.25) is 4.90 Å².